The second-order valence-corrected chi connectivity index (χ2v) is 5.54. The Balaban J connectivity index is 2.02. The number of pyridine rings is 1. The first kappa shape index (κ1) is 14.8. The summed E-state index contributed by atoms with van der Waals surface area (Å²) in [6.07, 6.45) is 1.22. The molecular weight excluding hydrogens is 328 g/mol. The minimum atomic E-state index is -0.455. The Bertz CT molecular complexity index is 892. The van der Waals surface area contributed by atoms with Crippen LogP contribution in [0.3, 0.4) is 0 Å². The van der Waals surface area contributed by atoms with Gasteiger partial charge in [-0.3, -0.25) is 9.20 Å². The van der Waals surface area contributed by atoms with Crippen molar-refractivity contribution in [3.05, 3.63) is 63.8 Å². The molecule has 1 aromatic carbocycles. The molecule has 0 spiro atoms. The number of rotatable bonds is 2. The maximum atomic E-state index is 13.4. The van der Waals surface area contributed by atoms with Crippen LogP contribution in [-0.2, 0) is 0 Å². The zero-order valence-corrected chi connectivity index (χ0v) is 12.9. The normalized spacial score (nSPS) is 10.9. The summed E-state index contributed by atoms with van der Waals surface area (Å²) in [5, 5.41) is 3.47. The number of halogens is 3. The summed E-state index contributed by atoms with van der Waals surface area (Å²) in [6.45, 7) is 1.68. The van der Waals surface area contributed by atoms with E-state index in [0.717, 1.165) is 0 Å². The van der Waals surface area contributed by atoms with E-state index in [1.807, 2.05) is 0 Å². The van der Waals surface area contributed by atoms with Crippen molar-refractivity contribution in [1.82, 2.24) is 9.38 Å². The Hall–Kier alpha value is -2.11. The molecule has 1 amide bonds. The molecule has 2 heterocycles. The first-order chi connectivity index (χ1) is 10.5. The zero-order valence-electron chi connectivity index (χ0n) is 11.4. The van der Waals surface area contributed by atoms with Gasteiger partial charge in [-0.1, -0.05) is 23.2 Å². The van der Waals surface area contributed by atoms with Gasteiger partial charge in [0, 0.05) is 11.2 Å². The second kappa shape index (κ2) is 5.59. The summed E-state index contributed by atoms with van der Waals surface area (Å²) in [4.78, 5) is 16.7. The van der Waals surface area contributed by atoms with E-state index in [1.54, 1.807) is 19.1 Å². The van der Waals surface area contributed by atoms with Crippen molar-refractivity contribution < 1.29 is 9.18 Å². The third kappa shape index (κ3) is 2.65. The first-order valence-corrected chi connectivity index (χ1v) is 7.12. The fourth-order valence-corrected chi connectivity index (χ4v) is 2.64. The van der Waals surface area contributed by atoms with Crippen molar-refractivity contribution in [2.75, 3.05) is 5.32 Å². The van der Waals surface area contributed by atoms with Crippen LogP contribution in [0.1, 0.15) is 16.2 Å². The van der Waals surface area contributed by atoms with Crippen LogP contribution >= 0.6 is 23.2 Å². The average Bonchev–Trinajstić information content (AvgIpc) is 2.77. The van der Waals surface area contributed by atoms with Crippen LogP contribution in [0.2, 0.25) is 10.0 Å². The highest BCUT2D eigenvalue weighted by Crippen LogP contribution is 2.26. The van der Waals surface area contributed by atoms with Crippen LogP contribution in [0.25, 0.3) is 5.65 Å². The number of imidazole rings is 1. The standard InChI is InChI=1S/C15H10Cl2FN3O/c1-8-14(21-7-10(18)3-5-13(21)19-8)15(22)20-12-4-2-9(16)6-11(12)17/h2-7H,1H3,(H,20,22). The predicted octanol–water partition coefficient (Wildman–Crippen LogP) is 4.34. The highest BCUT2D eigenvalue weighted by Gasteiger charge is 2.18. The maximum Gasteiger partial charge on any atom is 0.274 e. The van der Waals surface area contributed by atoms with Crippen LogP contribution in [0.15, 0.2) is 36.5 Å². The van der Waals surface area contributed by atoms with Crippen molar-refractivity contribution in [2.45, 2.75) is 6.92 Å². The number of nitrogens with zero attached hydrogens (tertiary/aromatic N) is 2. The predicted molar refractivity (Wildman–Crippen MR) is 84.3 cm³/mol. The van der Waals surface area contributed by atoms with Gasteiger partial charge < -0.3 is 5.32 Å². The lowest BCUT2D eigenvalue weighted by molar-refractivity contribution is 0.102. The van der Waals surface area contributed by atoms with E-state index >= 15 is 0 Å². The molecule has 4 nitrogen and oxygen atoms in total. The van der Waals surface area contributed by atoms with Crippen molar-refractivity contribution in [1.29, 1.82) is 0 Å². The summed E-state index contributed by atoms with van der Waals surface area (Å²) in [5.41, 5.74) is 1.65. The molecule has 0 atom stereocenters. The van der Waals surface area contributed by atoms with Gasteiger partial charge in [-0.2, -0.15) is 0 Å². The van der Waals surface area contributed by atoms with Crippen LogP contribution in [0.4, 0.5) is 10.1 Å². The Kier molecular flexibility index (Phi) is 3.76. The Morgan fingerprint density at radius 1 is 1.27 bits per heavy atom. The number of fused-ring (bicyclic) bond motifs is 1. The van der Waals surface area contributed by atoms with Gasteiger partial charge in [-0.15, -0.1) is 0 Å². The lowest BCUT2D eigenvalue weighted by Crippen LogP contribution is -2.16. The summed E-state index contributed by atoms with van der Waals surface area (Å²) in [5.74, 6) is -0.886. The number of benzene rings is 1. The minimum absolute atomic E-state index is 0.250. The minimum Gasteiger partial charge on any atom is -0.319 e. The van der Waals surface area contributed by atoms with E-state index in [0.29, 0.717) is 27.1 Å². The number of amides is 1. The summed E-state index contributed by atoms with van der Waals surface area (Å²) in [6, 6.07) is 7.54. The van der Waals surface area contributed by atoms with E-state index in [1.165, 1.54) is 28.8 Å². The molecule has 0 unspecified atom stereocenters. The molecule has 0 saturated carbocycles. The molecule has 0 bridgehead atoms. The first-order valence-electron chi connectivity index (χ1n) is 6.36. The number of aryl methyl sites for hydroxylation is 1. The average molecular weight is 338 g/mol. The third-order valence-corrected chi connectivity index (χ3v) is 3.70. The highest BCUT2D eigenvalue weighted by atomic mass is 35.5. The van der Waals surface area contributed by atoms with Crippen LogP contribution in [-0.4, -0.2) is 15.3 Å². The number of hydrogen-bond acceptors (Lipinski definition) is 2. The lowest BCUT2D eigenvalue weighted by Gasteiger charge is -2.08. The zero-order chi connectivity index (χ0) is 15.9. The number of hydrogen-bond donors (Lipinski definition) is 1. The lowest BCUT2D eigenvalue weighted by atomic mass is 10.2. The van der Waals surface area contributed by atoms with E-state index < -0.39 is 11.7 Å². The van der Waals surface area contributed by atoms with Crippen molar-refractivity contribution in [2.24, 2.45) is 0 Å². The van der Waals surface area contributed by atoms with Gasteiger partial charge in [-0.05, 0) is 37.3 Å². The quantitative estimate of drug-likeness (QED) is 0.755. The fraction of sp³-hybridized carbons (Fsp3) is 0.0667. The number of nitrogens with one attached hydrogen (secondary N) is 1. The summed E-state index contributed by atoms with van der Waals surface area (Å²) in [7, 11) is 0. The number of aromatic nitrogens is 2. The van der Waals surface area contributed by atoms with Crippen LogP contribution in [0.5, 0.6) is 0 Å². The van der Waals surface area contributed by atoms with Gasteiger partial charge in [0.2, 0.25) is 0 Å². The molecule has 0 radical (unpaired) electrons. The van der Waals surface area contributed by atoms with Gasteiger partial charge >= 0.3 is 0 Å². The smallest absolute Gasteiger partial charge is 0.274 e. The molecule has 0 aliphatic heterocycles. The van der Waals surface area contributed by atoms with Crippen molar-refractivity contribution in [3.63, 3.8) is 0 Å². The number of carbonyl (C=O) groups is 1. The van der Waals surface area contributed by atoms with E-state index in [4.69, 9.17) is 23.2 Å². The molecule has 1 N–H and O–H groups in total. The molecule has 0 aliphatic rings. The van der Waals surface area contributed by atoms with E-state index in [-0.39, 0.29) is 5.69 Å². The third-order valence-electron chi connectivity index (χ3n) is 3.15. The molecule has 2 aromatic heterocycles. The summed E-state index contributed by atoms with van der Waals surface area (Å²) < 4.78 is 14.8. The molecule has 112 valence electrons. The summed E-state index contributed by atoms with van der Waals surface area (Å²) >= 11 is 11.9. The van der Waals surface area contributed by atoms with Crippen LogP contribution < -0.4 is 5.32 Å². The van der Waals surface area contributed by atoms with Gasteiger partial charge in [0.05, 0.1) is 16.4 Å². The van der Waals surface area contributed by atoms with Crippen molar-refractivity contribution >= 4 is 40.4 Å². The Morgan fingerprint density at radius 2 is 2.05 bits per heavy atom. The topological polar surface area (TPSA) is 46.4 Å². The number of carbonyl (C=O) groups excluding carboxylic acids is 1. The van der Waals surface area contributed by atoms with Gasteiger partial charge in [0.1, 0.15) is 17.2 Å². The van der Waals surface area contributed by atoms with E-state index in [9.17, 15) is 9.18 Å². The van der Waals surface area contributed by atoms with Crippen molar-refractivity contribution in [3.8, 4) is 0 Å². The SMILES string of the molecule is Cc1nc2ccc(F)cn2c1C(=O)Nc1ccc(Cl)cc1Cl. The molecule has 3 aromatic rings. The molecule has 7 heteroatoms. The monoisotopic (exact) mass is 337 g/mol. The van der Waals surface area contributed by atoms with E-state index in [2.05, 4.69) is 10.3 Å². The highest BCUT2D eigenvalue weighted by molar-refractivity contribution is 6.36. The maximum absolute atomic E-state index is 13.4. The Morgan fingerprint density at radius 3 is 2.77 bits per heavy atom. The fourth-order valence-electron chi connectivity index (χ4n) is 2.18. The number of anilines is 1. The van der Waals surface area contributed by atoms with Gasteiger partial charge in [-0.25, -0.2) is 9.37 Å². The largest absolute Gasteiger partial charge is 0.319 e. The molecule has 3 rings (SSSR count). The molecule has 0 aliphatic carbocycles. The Labute approximate surface area is 135 Å². The molecule has 0 fully saturated rings. The second-order valence-electron chi connectivity index (χ2n) is 4.70. The van der Waals surface area contributed by atoms with Gasteiger partial charge in [0.15, 0.2) is 0 Å². The van der Waals surface area contributed by atoms with Gasteiger partial charge in [0.25, 0.3) is 5.91 Å². The molecule has 22 heavy (non-hydrogen) atoms. The molecule has 0 saturated heterocycles. The molecular formula is C15H10Cl2FN3O. The van der Waals surface area contributed by atoms with Crippen LogP contribution in [0, 0.1) is 12.7 Å².